The fraction of sp³-hybridized carbons (Fsp3) is 0.455. The van der Waals surface area contributed by atoms with E-state index in [1.165, 1.54) is 16.4 Å². The van der Waals surface area contributed by atoms with Gasteiger partial charge in [-0.15, -0.1) is 0 Å². The molecule has 0 saturated heterocycles. The lowest BCUT2D eigenvalue weighted by Gasteiger charge is -2.08. The molecule has 0 aliphatic rings. The number of amides is 1. The molecule has 0 bridgehead atoms. The van der Waals surface area contributed by atoms with E-state index >= 15 is 0 Å². The van der Waals surface area contributed by atoms with Gasteiger partial charge in [-0.2, -0.15) is 17.8 Å². The minimum Gasteiger partial charge on any atom is -0.870 e. The maximum absolute atomic E-state index is 11.6. The normalized spacial score (nSPS) is 12.4. The number of carbonyl (C=O) groups is 1. The van der Waals surface area contributed by atoms with Gasteiger partial charge in [0.25, 0.3) is 10.1 Å². The minimum absolute atomic E-state index is 0. The van der Waals surface area contributed by atoms with Crippen LogP contribution in [0.4, 0.5) is 4.79 Å². The molecular formula is C11H18N2O5S. The van der Waals surface area contributed by atoms with Gasteiger partial charge in [0.15, 0.2) is 0 Å². The van der Waals surface area contributed by atoms with Gasteiger partial charge in [0.1, 0.15) is 0 Å². The Balaban J connectivity index is 0.00000324. The van der Waals surface area contributed by atoms with Crippen molar-refractivity contribution in [3.05, 3.63) is 30.1 Å². The van der Waals surface area contributed by atoms with Crippen molar-refractivity contribution in [1.82, 2.24) is 4.90 Å². The molecule has 0 fully saturated rings. The van der Waals surface area contributed by atoms with Crippen molar-refractivity contribution in [2.75, 3.05) is 14.1 Å². The molecule has 1 heterocycles. The van der Waals surface area contributed by atoms with Gasteiger partial charge >= 0.3 is 6.03 Å². The van der Waals surface area contributed by atoms with Crippen LogP contribution in [0.5, 0.6) is 0 Å². The average molecular weight is 290 g/mol. The van der Waals surface area contributed by atoms with Crippen molar-refractivity contribution in [3.63, 3.8) is 0 Å². The van der Waals surface area contributed by atoms with E-state index in [4.69, 9.17) is 4.55 Å². The monoisotopic (exact) mass is 290 g/mol. The zero-order valence-electron chi connectivity index (χ0n) is 11.0. The van der Waals surface area contributed by atoms with Crippen LogP contribution in [0.3, 0.4) is 0 Å². The third kappa shape index (κ3) is 4.93. The van der Waals surface area contributed by atoms with E-state index in [1.807, 2.05) is 0 Å². The summed E-state index contributed by atoms with van der Waals surface area (Å²) in [6, 6.07) is 3.12. The number of nitrogens with zero attached hydrogens (tertiary/aromatic N) is 2. The minimum atomic E-state index is -4.02. The highest BCUT2D eigenvalue weighted by atomic mass is 32.2. The summed E-state index contributed by atoms with van der Waals surface area (Å²) in [5.41, 5.74) is 0.739. The van der Waals surface area contributed by atoms with Crippen LogP contribution in [-0.2, 0) is 16.5 Å². The highest BCUT2D eigenvalue weighted by Gasteiger charge is 2.19. The number of rotatable bonds is 3. The van der Waals surface area contributed by atoms with Crippen molar-refractivity contribution in [2.24, 2.45) is 0 Å². The summed E-state index contributed by atoms with van der Waals surface area (Å²) in [5.74, 6) is 0. The van der Waals surface area contributed by atoms with Crippen LogP contribution in [0.1, 0.15) is 12.5 Å². The first-order valence-corrected chi connectivity index (χ1v) is 6.90. The molecule has 0 spiro atoms. The molecule has 1 unspecified atom stereocenters. The summed E-state index contributed by atoms with van der Waals surface area (Å²) in [5, 5.41) is -0.863. The summed E-state index contributed by atoms with van der Waals surface area (Å²) in [6.45, 7) is 1.43. The van der Waals surface area contributed by atoms with Crippen molar-refractivity contribution in [1.29, 1.82) is 0 Å². The number of pyridine rings is 1. The third-order valence-corrected chi connectivity index (χ3v) is 3.72. The Bertz CT molecular complexity index is 525. The van der Waals surface area contributed by atoms with Gasteiger partial charge in [-0.3, -0.25) is 4.55 Å². The zero-order valence-corrected chi connectivity index (χ0v) is 11.8. The van der Waals surface area contributed by atoms with Crippen molar-refractivity contribution >= 4 is 16.1 Å². The second-order valence-electron chi connectivity index (χ2n) is 4.32. The van der Waals surface area contributed by atoms with E-state index in [9.17, 15) is 13.2 Å². The zero-order chi connectivity index (χ0) is 13.9. The molecule has 0 saturated carbocycles. The summed E-state index contributed by atoms with van der Waals surface area (Å²) < 4.78 is 32.0. The average Bonchev–Trinajstić information content (AvgIpc) is 2.27. The van der Waals surface area contributed by atoms with Crippen LogP contribution in [0, 0.1) is 0 Å². The Labute approximate surface area is 112 Å². The Morgan fingerprint density at radius 3 is 2.21 bits per heavy atom. The van der Waals surface area contributed by atoms with Gasteiger partial charge in [0, 0.05) is 0 Å². The maximum Gasteiger partial charge on any atom is 0.497 e. The van der Waals surface area contributed by atoms with Gasteiger partial charge in [-0.05, 0) is 31.0 Å². The van der Waals surface area contributed by atoms with Crippen molar-refractivity contribution in [3.8, 4) is 0 Å². The number of hydrogen-bond donors (Lipinski definition) is 1. The van der Waals surface area contributed by atoms with Gasteiger partial charge in [-0.25, -0.2) is 4.90 Å². The van der Waals surface area contributed by atoms with Crippen LogP contribution < -0.4 is 4.57 Å². The van der Waals surface area contributed by atoms with Crippen molar-refractivity contribution < 1.29 is 27.8 Å². The lowest BCUT2D eigenvalue weighted by molar-refractivity contribution is -0.577. The fourth-order valence-corrected chi connectivity index (χ4v) is 1.79. The molecule has 0 aromatic carbocycles. The Morgan fingerprint density at radius 2 is 1.84 bits per heavy atom. The van der Waals surface area contributed by atoms with Gasteiger partial charge in [-0.1, -0.05) is 0 Å². The number of aromatic nitrogens is 1. The van der Waals surface area contributed by atoms with E-state index in [1.54, 1.807) is 38.6 Å². The molecule has 7 nitrogen and oxygen atoms in total. The summed E-state index contributed by atoms with van der Waals surface area (Å²) in [7, 11) is -0.738. The first-order valence-electron chi connectivity index (χ1n) is 5.40. The predicted molar refractivity (Wildman–Crippen MR) is 67.8 cm³/mol. The second-order valence-corrected chi connectivity index (χ2v) is 6.16. The van der Waals surface area contributed by atoms with E-state index in [-0.39, 0.29) is 17.9 Å². The number of carbonyl (C=O) groups excluding carboxylic acids is 1. The van der Waals surface area contributed by atoms with Crippen LogP contribution >= 0.6 is 0 Å². The first kappa shape index (κ1) is 17.5. The van der Waals surface area contributed by atoms with Crippen LogP contribution in [0.2, 0.25) is 0 Å². The second kappa shape index (κ2) is 6.60. The predicted octanol–water partition coefficient (Wildman–Crippen LogP) is 0.146. The maximum atomic E-state index is 11.6. The quantitative estimate of drug-likeness (QED) is 0.629. The molecule has 1 atom stereocenters. The topological polar surface area (TPSA) is 109 Å². The van der Waals surface area contributed by atoms with Crippen molar-refractivity contribution in [2.45, 2.75) is 18.6 Å². The van der Waals surface area contributed by atoms with Gasteiger partial charge in [0.2, 0.25) is 0 Å². The molecule has 8 heteroatoms. The van der Waals surface area contributed by atoms with Crippen LogP contribution in [0.15, 0.2) is 24.5 Å². The van der Waals surface area contributed by atoms with Crippen LogP contribution in [0.25, 0.3) is 0 Å². The third-order valence-electron chi connectivity index (χ3n) is 2.53. The SMILES string of the molecule is CC(Cc1cc[n+](C(=O)N(C)C)cc1)S(=O)(=O)O.[OH-]. The number of hydrogen-bond acceptors (Lipinski definition) is 4. The Morgan fingerprint density at radius 1 is 1.37 bits per heavy atom. The largest absolute Gasteiger partial charge is 0.870 e. The summed E-state index contributed by atoms with van der Waals surface area (Å²) in [4.78, 5) is 13.0. The lowest BCUT2D eigenvalue weighted by Crippen LogP contribution is -2.49. The molecule has 2 N–H and O–H groups in total. The lowest BCUT2D eigenvalue weighted by atomic mass is 10.1. The van der Waals surface area contributed by atoms with Crippen LogP contribution in [-0.4, -0.2) is 48.7 Å². The Hall–Kier alpha value is -1.51. The summed E-state index contributed by atoms with van der Waals surface area (Å²) >= 11 is 0. The molecule has 108 valence electrons. The summed E-state index contributed by atoms with van der Waals surface area (Å²) in [6.07, 6.45) is 3.33. The van der Waals surface area contributed by atoms with E-state index in [2.05, 4.69) is 0 Å². The molecular weight excluding hydrogens is 272 g/mol. The molecule has 1 aromatic rings. The molecule has 0 aliphatic heterocycles. The van der Waals surface area contributed by atoms with E-state index < -0.39 is 15.4 Å². The highest BCUT2D eigenvalue weighted by molar-refractivity contribution is 7.86. The van der Waals surface area contributed by atoms with Gasteiger partial charge < -0.3 is 5.48 Å². The first-order chi connectivity index (χ1) is 8.21. The molecule has 1 amide bonds. The highest BCUT2D eigenvalue weighted by Crippen LogP contribution is 2.07. The molecule has 1 rings (SSSR count). The fourth-order valence-electron chi connectivity index (χ4n) is 1.39. The molecule has 0 aliphatic carbocycles. The van der Waals surface area contributed by atoms with Gasteiger partial charge in [0.05, 0.1) is 31.7 Å². The standard InChI is InChI=1S/C11H16N2O4S.H2O/c1-9(18(15,16)17)8-10-4-6-13(7-5-10)11(14)12(2)3;/h4-7,9H,8H2,1-3H3;1H2. The molecule has 0 radical (unpaired) electrons. The smallest absolute Gasteiger partial charge is 0.497 e. The molecule has 1 aromatic heterocycles. The van der Waals surface area contributed by atoms with E-state index in [0.29, 0.717) is 0 Å². The van der Waals surface area contributed by atoms with E-state index in [0.717, 1.165) is 5.56 Å². The Kier molecular flexibility index (Phi) is 6.07. The molecule has 19 heavy (non-hydrogen) atoms.